The lowest BCUT2D eigenvalue weighted by molar-refractivity contribution is -0.115. The number of carbonyl (C=O) groups excluding carboxylic acids is 2. The first-order chi connectivity index (χ1) is 10.8. The van der Waals surface area contributed by atoms with Crippen LogP contribution in [0.25, 0.3) is 0 Å². The Bertz CT molecular complexity index is 576. The number of urea groups is 1. The maximum Gasteiger partial charge on any atom is 0.323 e. The zero-order valence-corrected chi connectivity index (χ0v) is 12.2. The average molecular weight is 330 g/mol. The number of hydrogen-bond donors (Lipinski definition) is 7. The first-order valence-corrected chi connectivity index (χ1v) is 6.78. The smallest absolute Gasteiger partial charge is 0.323 e. The molecule has 0 aliphatic carbocycles. The van der Waals surface area contributed by atoms with E-state index in [1.807, 2.05) is 5.32 Å². The molecular formula is C12H18N4O7. The van der Waals surface area contributed by atoms with Gasteiger partial charge in [-0.05, 0) is 6.92 Å². The minimum atomic E-state index is -1.69. The van der Waals surface area contributed by atoms with Crippen LogP contribution in [0.2, 0.25) is 0 Å². The Morgan fingerprint density at radius 2 is 1.91 bits per heavy atom. The van der Waals surface area contributed by atoms with Gasteiger partial charge in [-0.1, -0.05) is 0 Å². The van der Waals surface area contributed by atoms with Crippen molar-refractivity contribution >= 4 is 17.6 Å². The van der Waals surface area contributed by atoms with Crippen LogP contribution in [0.3, 0.4) is 0 Å². The number of aliphatic imine (C=N–C) groups is 1. The molecule has 7 N–H and O–H groups in total. The molecule has 3 amide bonds. The van der Waals surface area contributed by atoms with Crippen molar-refractivity contribution in [3.8, 4) is 0 Å². The largest absolute Gasteiger partial charge is 0.493 e. The van der Waals surface area contributed by atoms with E-state index in [1.165, 1.54) is 6.92 Å². The Morgan fingerprint density at radius 1 is 1.26 bits per heavy atom. The SMILES string of the molecule is CC1=C(O)N(C[C@H](O)[C@H](O)[C@H](O)CO)C2NC(=O)NC(=O)C2=N1. The maximum absolute atomic E-state index is 11.8. The Hall–Kier alpha value is -2.21. The fourth-order valence-electron chi connectivity index (χ4n) is 2.28. The van der Waals surface area contributed by atoms with Crippen LogP contribution in [0.1, 0.15) is 6.92 Å². The zero-order valence-electron chi connectivity index (χ0n) is 12.2. The molecule has 23 heavy (non-hydrogen) atoms. The molecule has 0 spiro atoms. The molecule has 0 aromatic heterocycles. The highest BCUT2D eigenvalue weighted by Crippen LogP contribution is 2.21. The summed E-state index contributed by atoms with van der Waals surface area (Å²) in [6, 6.07) is -0.804. The first-order valence-electron chi connectivity index (χ1n) is 6.78. The van der Waals surface area contributed by atoms with Crippen LogP contribution in [0, 0.1) is 0 Å². The molecule has 2 heterocycles. The number of hydrogen-bond acceptors (Lipinski definition) is 9. The number of nitrogens with zero attached hydrogens (tertiary/aromatic N) is 2. The first kappa shape index (κ1) is 17.1. The summed E-state index contributed by atoms with van der Waals surface area (Å²) < 4.78 is 0. The highest BCUT2D eigenvalue weighted by molar-refractivity contribution is 6.45. The number of amides is 3. The van der Waals surface area contributed by atoms with E-state index < -0.39 is 55.5 Å². The Morgan fingerprint density at radius 3 is 2.52 bits per heavy atom. The lowest BCUT2D eigenvalue weighted by Crippen LogP contribution is -2.66. The van der Waals surface area contributed by atoms with E-state index >= 15 is 0 Å². The summed E-state index contributed by atoms with van der Waals surface area (Å²) in [5.74, 6) is -1.15. The van der Waals surface area contributed by atoms with Crippen molar-refractivity contribution in [3.63, 3.8) is 0 Å². The second-order valence-corrected chi connectivity index (χ2v) is 5.20. The van der Waals surface area contributed by atoms with Crippen LogP contribution in [-0.4, -0.2) is 85.7 Å². The molecule has 0 aromatic carbocycles. The topological polar surface area (TPSA) is 175 Å². The van der Waals surface area contributed by atoms with Gasteiger partial charge >= 0.3 is 6.03 Å². The average Bonchev–Trinajstić information content (AvgIpc) is 2.51. The predicted octanol–water partition coefficient (Wildman–Crippen LogP) is -3.27. The summed E-state index contributed by atoms with van der Waals surface area (Å²) in [5, 5.41) is 52.2. The van der Waals surface area contributed by atoms with Gasteiger partial charge < -0.3 is 35.7 Å². The predicted molar refractivity (Wildman–Crippen MR) is 75.0 cm³/mol. The van der Waals surface area contributed by atoms with Gasteiger partial charge in [0.05, 0.1) is 18.8 Å². The van der Waals surface area contributed by atoms with Crippen molar-refractivity contribution in [3.05, 3.63) is 11.6 Å². The molecule has 4 atom stereocenters. The molecule has 11 nitrogen and oxygen atoms in total. The molecule has 2 rings (SSSR count). The molecule has 128 valence electrons. The van der Waals surface area contributed by atoms with Gasteiger partial charge in [0.25, 0.3) is 5.91 Å². The number of aliphatic hydroxyl groups excluding tert-OH is 5. The van der Waals surface area contributed by atoms with Crippen molar-refractivity contribution in [1.82, 2.24) is 15.5 Å². The van der Waals surface area contributed by atoms with Crippen molar-refractivity contribution < 1.29 is 35.1 Å². The van der Waals surface area contributed by atoms with E-state index in [9.17, 15) is 30.0 Å². The van der Waals surface area contributed by atoms with Gasteiger partial charge in [-0.3, -0.25) is 10.1 Å². The number of allylic oxidation sites excluding steroid dienone is 1. The molecule has 1 fully saturated rings. The summed E-state index contributed by atoms with van der Waals surface area (Å²) >= 11 is 0. The Kier molecular flexibility index (Phi) is 4.85. The molecule has 0 radical (unpaired) electrons. The lowest BCUT2D eigenvalue weighted by atomic mass is 10.1. The fraction of sp³-hybridized carbons (Fsp3) is 0.583. The molecule has 1 saturated heterocycles. The highest BCUT2D eigenvalue weighted by Gasteiger charge is 2.41. The van der Waals surface area contributed by atoms with Crippen LogP contribution in [0.4, 0.5) is 4.79 Å². The number of carbonyl (C=O) groups is 2. The van der Waals surface area contributed by atoms with Crippen LogP contribution in [0.5, 0.6) is 0 Å². The van der Waals surface area contributed by atoms with Crippen LogP contribution < -0.4 is 10.6 Å². The van der Waals surface area contributed by atoms with E-state index in [4.69, 9.17) is 5.11 Å². The van der Waals surface area contributed by atoms with Crippen molar-refractivity contribution in [2.75, 3.05) is 13.2 Å². The van der Waals surface area contributed by atoms with Crippen molar-refractivity contribution in [2.45, 2.75) is 31.4 Å². The van der Waals surface area contributed by atoms with Gasteiger partial charge in [-0.15, -0.1) is 0 Å². The molecule has 0 saturated carbocycles. The van der Waals surface area contributed by atoms with Gasteiger partial charge in [0.2, 0.25) is 5.88 Å². The summed E-state index contributed by atoms with van der Waals surface area (Å²) in [7, 11) is 0. The number of rotatable bonds is 5. The third-order valence-corrected chi connectivity index (χ3v) is 3.54. The number of fused-ring (bicyclic) bond motifs is 1. The normalized spacial score (nSPS) is 25.2. The second kappa shape index (κ2) is 6.50. The maximum atomic E-state index is 11.8. The van der Waals surface area contributed by atoms with Gasteiger partial charge in [-0.25, -0.2) is 9.79 Å². The zero-order chi connectivity index (χ0) is 17.3. The minimum Gasteiger partial charge on any atom is -0.493 e. The van der Waals surface area contributed by atoms with E-state index in [1.54, 1.807) is 0 Å². The van der Waals surface area contributed by atoms with Gasteiger partial charge in [0.15, 0.2) is 6.17 Å². The molecule has 2 aliphatic heterocycles. The molecule has 0 aromatic rings. The van der Waals surface area contributed by atoms with Gasteiger partial charge in [0, 0.05) is 0 Å². The summed E-state index contributed by atoms with van der Waals surface area (Å²) in [6.45, 7) is 0.216. The Balaban J connectivity index is 2.24. The summed E-state index contributed by atoms with van der Waals surface area (Å²) in [6.07, 6.45) is -5.98. The third-order valence-electron chi connectivity index (χ3n) is 3.54. The molecule has 11 heteroatoms. The van der Waals surface area contributed by atoms with Crippen molar-refractivity contribution in [2.24, 2.45) is 4.99 Å². The van der Waals surface area contributed by atoms with Crippen LogP contribution in [-0.2, 0) is 4.79 Å². The number of β-amino-alcohol motifs (C(OH)–C–C–N with tert-alkyl or cyclic N) is 1. The van der Waals surface area contributed by atoms with E-state index in [0.717, 1.165) is 4.90 Å². The third kappa shape index (κ3) is 3.27. The quantitative estimate of drug-likeness (QED) is 0.275. The van der Waals surface area contributed by atoms with E-state index in [-0.39, 0.29) is 11.4 Å². The molecular weight excluding hydrogens is 312 g/mol. The monoisotopic (exact) mass is 330 g/mol. The minimum absolute atomic E-state index is 0.0759. The standard InChI is InChI=1S/C12H18N4O7/c1-4-11(22)16(2-5(18)8(20)6(19)3-17)9-7(13-4)10(21)15-12(23)14-9/h5-6,8-9,17-20,22H,2-3H2,1H3,(H2,14,15,21,23)/t5-,6+,8-,9?/m0/s1. The summed E-state index contributed by atoms with van der Waals surface area (Å²) in [5.41, 5.74) is -0.0174. The summed E-state index contributed by atoms with van der Waals surface area (Å²) in [4.78, 5) is 28.2. The van der Waals surface area contributed by atoms with Gasteiger partial charge in [-0.2, -0.15) is 0 Å². The van der Waals surface area contributed by atoms with E-state index in [0.29, 0.717) is 0 Å². The lowest BCUT2D eigenvalue weighted by Gasteiger charge is -2.40. The molecule has 2 aliphatic rings. The van der Waals surface area contributed by atoms with Crippen LogP contribution >= 0.6 is 0 Å². The van der Waals surface area contributed by atoms with Crippen LogP contribution in [0.15, 0.2) is 16.6 Å². The fourth-order valence-corrected chi connectivity index (χ4v) is 2.28. The second-order valence-electron chi connectivity index (χ2n) is 5.20. The van der Waals surface area contributed by atoms with Crippen molar-refractivity contribution in [1.29, 1.82) is 0 Å². The Labute approximate surface area is 130 Å². The molecule has 1 unspecified atom stereocenters. The molecule has 0 bridgehead atoms. The number of aliphatic hydroxyl groups is 5. The van der Waals surface area contributed by atoms with E-state index in [2.05, 4.69) is 10.3 Å². The van der Waals surface area contributed by atoms with Gasteiger partial charge in [0.1, 0.15) is 24.0 Å². The number of nitrogens with one attached hydrogen (secondary N) is 2. The highest BCUT2D eigenvalue weighted by atomic mass is 16.4. The number of imide groups is 1.